The van der Waals surface area contributed by atoms with Crippen molar-refractivity contribution >= 4 is 41.6 Å². The van der Waals surface area contributed by atoms with Gasteiger partial charge < -0.3 is 10.6 Å². The third-order valence-electron chi connectivity index (χ3n) is 2.76. The Morgan fingerprint density at radius 3 is 2.60 bits per heavy atom. The lowest BCUT2D eigenvalue weighted by Crippen LogP contribution is -2.30. The van der Waals surface area contributed by atoms with Crippen LogP contribution in [0.25, 0.3) is 10.9 Å². The van der Waals surface area contributed by atoms with Crippen LogP contribution in [0.2, 0.25) is 0 Å². The fourth-order valence-electron chi connectivity index (χ4n) is 1.82. The molecule has 6 heteroatoms. The molecule has 0 bridgehead atoms. The second-order valence-electron chi connectivity index (χ2n) is 4.19. The molecule has 0 aliphatic rings. The molecule has 110 valence electrons. The van der Waals surface area contributed by atoms with Crippen molar-refractivity contribution in [1.29, 1.82) is 0 Å². The number of fused-ring (bicyclic) bond motifs is 1. The minimum absolute atomic E-state index is 0. The highest BCUT2D eigenvalue weighted by atomic mass is 35.5. The zero-order valence-electron chi connectivity index (χ0n) is 11.5. The van der Waals surface area contributed by atoms with E-state index in [1.54, 1.807) is 0 Å². The number of hydrogen-bond acceptors (Lipinski definition) is 3. The van der Waals surface area contributed by atoms with E-state index in [9.17, 15) is 4.79 Å². The van der Waals surface area contributed by atoms with Crippen molar-refractivity contribution in [1.82, 2.24) is 15.6 Å². The van der Waals surface area contributed by atoms with E-state index in [1.807, 2.05) is 44.3 Å². The topological polar surface area (TPSA) is 54.0 Å². The number of likely N-dealkylation sites (N-methyl/N-ethyl adjacent to an activating group) is 1. The fourth-order valence-corrected chi connectivity index (χ4v) is 1.82. The van der Waals surface area contributed by atoms with Crippen molar-refractivity contribution in [2.45, 2.75) is 6.92 Å². The maximum Gasteiger partial charge on any atom is 0.253 e. The molecule has 0 unspecified atom stereocenters. The quantitative estimate of drug-likeness (QED) is 0.851. The van der Waals surface area contributed by atoms with Gasteiger partial charge >= 0.3 is 0 Å². The van der Waals surface area contributed by atoms with E-state index < -0.39 is 0 Å². The number of aromatic nitrogens is 1. The summed E-state index contributed by atoms with van der Waals surface area (Å²) in [6, 6.07) is 9.59. The summed E-state index contributed by atoms with van der Waals surface area (Å²) in [6.45, 7) is 3.29. The Morgan fingerprint density at radius 1 is 1.15 bits per heavy atom. The molecule has 1 aromatic heterocycles. The zero-order valence-corrected chi connectivity index (χ0v) is 13.1. The summed E-state index contributed by atoms with van der Waals surface area (Å²) in [5, 5.41) is 6.85. The molecule has 1 aromatic carbocycles. The van der Waals surface area contributed by atoms with Crippen LogP contribution in [-0.4, -0.2) is 31.0 Å². The molecule has 0 saturated carbocycles. The number of amides is 1. The number of nitrogens with zero attached hydrogens (tertiary/aromatic N) is 1. The number of hydrogen-bond donors (Lipinski definition) is 2. The van der Waals surface area contributed by atoms with Crippen LogP contribution >= 0.6 is 24.8 Å². The van der Waals surface area contributed by atoms with Crippen LogP contribution in [0.4, 0.5) is 0 Å². The standard InChI is InChI=1S/C14H17N3O.2ClH/c1-10-6-7-11-4-3-5-12(13(11)17-10)14(18)16-9-8-15-2;;/h3-7,15H,8-9H2,1-2H3,(H,16,18);2*1H. The van der Waals surface area contributed by atoms with Gasteiger partial charge in [0.15, 0.2) is 0 Å². The monoisotopic (exact) mass is 315 g/mol. The molecule has 20 heavy (non-hydrogen) atoms. The number of rotatable bonds is 4. The van der Waals surface area contributed by atoms with Gasteiger partial charge in [0, 0.05) is 24.2 Å². The van der Waals surface area contributed by atoms with Gasteiger partial charge in [0.05, 0.1) is 11.1 Å². The second kappa shape index (κ2) is 8.74. The highest BCUT2D eigenvalue weighted by Crippen LogP contribution is 2.17. The minimum atomic E-state index is -0.0750. The van der Waals surface area contributed by atoms with E-state index in [1.165, 1.54) is 0 Å². The van der Waals surface area contributed by atoms with Gasteiger partial charge in [-0.1, -0.05) is 18.2 Å². The average Bonchev–Trinajstić information content (AvgIpc) is 2.38. The number of halogens is 2. The Bertz CT molecular complexity index is 575. The van der Waals surface area contributed by atoms with E-state index in [-0.39, 0.29) is 30.7 Å². The van der Waals surface area contributed by atoms with Gasteiger partial charge in [0.25, 0.3) is 5.91 Å². The van der Waals surface area contributed by atoms with Gasteiger partial charge in [-0.15, -0.1) is 24.8 Å². The van der Waals surface area contributed by atoms with Crippen molar-refractivity contribution in [3.05, 3.63) is 41.6 Å². The molecule has 0 aliphatic carbocycles. The molecule has 1 amide bonds. The Morgan fingerprint density at radius 2 is 1.90 bits per heavy atom. The van der Waals surface area contributed by atoms with Crippen molar-refractivity contribution in [2.75, 3.05) is 20.1 Å². The summed E-state index contributed by atoms with van der Waals surface area (Å²) in [5.41, 5.74) is 2.31. The molecule has 2 rings (SSSR count). The summed E-state index contributed by atoms with van der Waals surface area (Å²) < 4.78 is 0. The Kier molecular flexibility index (Phi) is 8.15. The lowest BCUT2D eigenvalue weighted by Gasteiger charge is -2.07. The van der Waals surface area contributed by atoms with Crippen molar-refractivity contribution in [3.63, 3.8) is 0 Å². The second-order valence-corrected chi connectivity index (χ2v) is 4.19. The minimum Gasteiger partial charge on any atom is -0.351 e. The number of aryl methyl sites for hydroxylation is 1. The lowest BCUT2D eigenvalue weighted by atomic mass is 10.1. The molecule has 2 aromatic rings. The molecule has 0 aliphatic heterocycles. The maximum absolute atomic E-state index is 12.1. The van der Waals surface area contributed by atoms with Gasteiger partial charge in [-0.25, -0.2) is 0 Å². The largest absolute Gasteiger partial charge is 0.351 e. The van der Waals surface area contributed by atoms with E-state index in [0.29, 0.717) is 12.1 Å². The summed E-state index contributed by atoms with van der Waals surface area (Å²) in [4.78, 5) is 16.5. The first-order valence-corrected chi connectivity index (χ1v) is 6.01. The highest BCUT2D eigenvalue weighted by Gasteiger charge is 2.10. The van der Waals surface area contributed by atoms with Crippen molar-refractivity contribution < 1.29 is 4.79 Å². The number of pyridine rings is 1. The number of carbonyl (C=O) groups is 1. The number of para-hydroxylation sites is 1. The van der Waals surface area contributed by atoms with Gasteiger partial charge in [0.1, 0.15) is 0 Å². The number of carbonyl (C=O) groups excluding carboxylic acids is 1. The van der Waals surface area contributed by atoms with Crippen LogP contribution in [0.5, 0.6) is 0 Å². The molecular formula is C14H19Cl2N3O. The zero-order chi connectivity index (χ0) is 13.0. The molecule has 0 spiro atoms. The molecule has 0 saturated heterocycles. The smallest absolute Gasteiger partial charge is 0.253 e. The van der Waals surface area contributed by atoms with Gasteiger partial charge in [-0.3, -0.25) is 9.78 Å². The summed E-state index contributed by atoms with van der Waals surface area (Å²) >= 11 is 0. The van der Waals surface area contributed by atoms with Gasteiger partial charge in [-0.05, 0) is 26.1 Å². The van der Waals surface area contributed by atoms with Crippen LogP contribution < -0.4 is 10.6 Å². The Labute approximate surface area is 131 Å². The van der Waals surface area contributed by atoms with E-state index in [0.717, 1.165) is 23.1 Å². The Balaban J connectivity index is 0.00000180. The van der Waals surface area contributed by atoms with Crippen molar-refractivity contribution in [3.8, 4) is 0 Å². The van der Waals surface area contributed by atoms with Crippen LogP contribution in [0.15, 0.2) is 30.3 Å². The number of nitrogens with one attached hydrogen (secondary N) is 2. The highest BCUT2D eigenvalue weighted by molar-refractivity contribution is 6.05. The van der Waals surface area contributed by atoms with E-state index >= 15 is 0 Å². The summed E-state index contributed by atoms with van der Waals surface area (Å²) in [7, 11) is 1.86. The summed E-state index contributed by atoms with van der Waals surface area (Å²) in [6.07, 6.45) is 0. The third kappa shape index (κ3) is 4.34. The lowest BCUT2D eigenvalue weighted by molar-refractivity contribution is 0.0955. The molecule has 0 radical (unpaired) electrons. The SMILES string of the molecule is CNCCNC(=O)c1cccc2ccc(C)nc12.Cl.Cl. The molecule has 0 atom stereocenters. The first kappa shape index (κ1) is 18.6. The van der Waals surface area contributed by atoms with E-state index in [2.05, 4.69) is 15.6 Å². The molecular weight excluding hydrogens is 297 g/mol. The van der Waals surface area contributed by atoms with Crippen LogP contribution in [0.1, 0.15) is 16.1 Å². The van der Waals surface area contributed by atoms with Crippen LogP contribution in [-0.2, 0) is 0 Å². The normalized spacial score (nSPS) is 9.50. The van der Waals surface area contributed by atoms with Crippen molar-refractivity contribution in [2.24, 2.45) is 0 Å². The summed E-state index contributed by atoms with van der Waals surface area (Å²) in [5.74, 6) is -0.0750. The van der Waals surface area contributed by atoms with Crippen LogP contribution in [0.3, 0.4) is 0 Å². The molecule has 0 fully saturated rings. The first-order valence-electron chi connectivity index (χ1n) is 6.01. The first-order chi connectivity index (χ1) is 8.72. The predicted molar refractivity (Wildman–Crippen MR) is 87.2 cm³/mol. The maximum atomic E-state index is 12.1. The van der Waals surface area contributed by atoms with Gasteiger partial charge in [0.2, 0.25) is 0 Å². The van der Waals surface area contributed by atoms with Gasteiger partial charge in [-0.2, -0.15) is 0 Å². The Hall–Kier alpha value is -1.36. The third-order valence-corrected chi connectivity index (χ3v) is 2.76. The van der Waals surface area contributed by atoms with E-state index in [4.69, 9.17) is 0 Å². The molecule has 1 heterocycles. The average molecular weight is 316 g/mol. The predicted octanol–water partition coefficient (Wildman–Crippen LogP) is 2.34. The van der Waals surface area contributed by atoms with Crippen LogP contribution in [0, 0.1) is 6.92 Å². The fraction of sp³-hybridized carbons (Fsp3) is 0.286. The molecule has 4 nitrogen and oxygen atoms in total. The molecule has 2 N–H and O–H groups in total. The number of benzene rings is 1.